The second kappa shape index (κ2) is 7.57. The first-order valence-electron chi connectivity index (χ1n) is 6.88. The normalized spacial score (nSPS) is 12.8. The summed E-state index contributed by atoms with van der Waals surface area (Å²) >= 11 is 1.43. The summed E-state index contributed by atoms with van der Waals surface area (Å²) in [6, 6.07) is 0. The van der Waals surface area contributed by atoms with Gasteiger partial charge in [-0.3, -0.25) is 8.35 Å². The van der Waals surface area contributed by atoms with Crippen molar-refractivity contribution in [3.05, 3.63) is 16.4 Å². The molecule has 0 aliphatic heterocycles. The summed E-state index contributed by atoms with van der Waals surface area (Å²) in [4.78, 5) is 15.5. The average molecular weight is 302 g/mol. The molecule has 0 N–H and O–H groups in total. The molecule has 1 aromatic rings. The Morgan fingerprint density at radius 3 is 2.70 bits per heavy atom. The smallest absolute Gasteiger partial charge is 0.434 e. The number of hydrogen-bond acceptors (Lipinski definition) is 3. The second-order valence-electron chi connectivity index (χ2n) is 5.50. The number of hydrogen-bond donors (Lipinski definition) is 0. The number of nitrogens with zero attached hydrogens (tertiary/aromatic N) is 2. The zero-order chi connectivity index (χ0) is 15.2. The molecule has 0 aliphatic rings. The minimum atomic E-state index is -0.567. The van der Waals surface area contributed by atoms with E-state index >= 15 is 0 Å². The highest BCUT2D eigenvalue weighted by molar-refractivity contribution is 7.04. The summed E-state index contributed by atoms with van der Waals surface area (Å²) in [5.41, 5.74) is 0.911. The lowest BCUT2D eigenvalue weighted by Gasteiger charge is -2.19. The van der Waals surface area contributed by atoms with Gasteiger partial charge in [-0.1, -0.05) is 0 Å². The minimum Gasteiger partial charge on any atom is -0.448 e. The molecule has 1 heterocycles. The summed E-state index contributed by atoms with van der Waals surface area (Å²) < 4.78 is 19.8. The largest absolute Gasteiger partial charge is 0.448 e. The Morgan fingerprint density at radius 1 is 1.45 bits per heavy atom. The zero-order valence-electron chi connectivity index (χ0n) is 12.6. The lowest BCUT2D eigenvalue weighted by molar-refractivity contribution is 0.162. The summed E-state index contributed by atoms with van der Waals surface area (Å²) in [5.74, 6) is 0. The molecule has 0 aliphatic carbocycles. The number of aromatic nitrogens is 1. The van der Waals surface area contributed by atoms with Crippen molar-refractivity contribution in [3.63, 3.8) is 0 Å². The Labute approximate surface area is 123 Å². The topological polar surface area (TPSA) is 43.6 Å². The van der Waals surface area contributed by atoms with Gasteiger partial charge in [0, 0.05) is 17.3 Å². The summed E-state index contributed by atoms with van der Waals surface area (Å²) in [6.45, 7) is 8.01. The average Bonchev–Trinajstić information content (AvgIpc) is 2.73. The van der Waals surface area contributed by atoms with Crippen LogP contribution in [-0.2, 0) is 16.7 Å². The van der Waals surface area contributed by atoms with Crippen molar-refractivity contribution in [3.8, 4) is 0 Å². The molecule has 0 radical (unpaired) electrons. The van der Waals surface area contributed by atoms with Gasteiger partial charge in [-0.05, 0) is 58.5 Å². The maximum Gasteiger partial charge on any atom is 0.434 e. The second-order valence-corrected chi connectivity index (χ2v) is 6.47. The van der Waals surface area contributed by atoms with Crippen LogP contribution in [0.3, 0.4) is 0 Å². The highest BCUT2D eigenvalue weighted by Crippen LogP contribution is 2.17. The van der Waals surface area contributed by atoms with Crippen LogP contribution in [-0.4, -0.2) is 23.3 Å². The van der Waals surface area contributed by atoms with Crippen molar-refractivity contribution >= 4 is 17.6 Å². The van der Waals surface area contributed by atoms with Crippen LogP contribution in [0.1, 0.15) is 46.1 Å². The fourth-order valence-corrected chi connectivity index (χ4v) is 2.65. The van der Waals surface area contributed by atoms with E-state index in [1.807, 2.05) is 6.20 Å². The summed E-state index contributed by atoms with van der Waals surface area (Å²) in [6.07, 6.45) is 3.44. The van der Waals surface area contributed by atoms with Crippen molar-refractivity contribution in [2.75, 3.05) is 13.3 Å². The van der Waals surface area contributed by atoms with Crippen LogP contribution in [0.5, 0.6) is 0 Å². The monoisotopic (exact) mass is 302 g/mol. The molecule has 0 bridgehead atoms. The first kappa shape index (κ1) is 16.9. The zero-order valence-corrected chi connectivity index (χ0v) is 13.4. The number of unbranched alkanes of at least 4 members (excludes halogenated alkanes) is 1. The molecule has 1 rings (SSSR count). The lowest BCUT2D eigenvalue weighted by atomic mass is 10.1. The number of alkyl halides is 1. The van der Waals surface area contributed by atoms with Crippen LogP contribution in [0, 0.1) is 0 Å². The molecule has 0 fully saturated rings. The van der Waals surface area contributed by atoms with Crippen molar-refractivity contribution in [2.45, 2.75) is 52.5 Å². The molecule has 1 aromatic heterocycles. The van der Waals surface area contributed by atoms with E-state index in [1.54, 1.807) is 6.92 Å². The molecule has 0 saturated heterocycles. The van der Waals surface area contributed by atoms with Crippen LogP contribution in [0.25, 0.3) is 0 Å². The summed E-state index contributed by atoms with van der Waals surface area (Å²) in [5, 5.41) is 0. The van der Waals surface area contributed by atoms with E-state index in [4.69, 9.17) is 4.74 Å². The molecule has 0 spiro atoms. The number of amides is 1. The fraction of sp³-hybridized carbons (Fsp3) is 0.714. The molecule has 0 atom stereocenters. The van der Waals surface area contributed by atoms with Crippen molar-refractivity contribution < 1.29 is 13.9 Å². The third-order valence-corrected chi connectivity index (χ3v) is 4.06. The third-order valence-electron chi connectivity index (χ3n) is 2.68. The quantitative estimate of drug-likeness (QED) is 0.779. The van der Waals surface area contributed by atoms with E-state index in [2.05, 4.69) is 29.7 Å². The van der Waals surface area contributed by atoms with Gasteiger partial charge in [-0.25, -0.2) is 4.79 Å². The molecular weight excluding hydrogens is 279 g/mol. The number of carbonyl (C=O) groups excluding carboxylic acids is 1. The van der Waals surface area contributed by atoms with Crippen LogP contribution in [0.2, 0.25) is 0 Å². The molecule has 4 nitrogen and oxygen atoms in total. The van der Waals surface area contributed by atoms with Gasteiger partial charge in [0.1, 0.15) is 4.67 Å². The van der Waals surface area contributed by atoms with Gasteiger partial charge in [0.25, 0.3) is 0 Å². The Morgan fingerprint density at radius 2 is 2.15 bits per heavy atom. The van der Waals surface area contributed by atoms with Crippen molar-refractivity contribution in [1.82, 2.24) is 3.96 Å². The van der Waals surface area contributed by atoms with E-state index < -0.39 is 6.09 Å². The van der Waals surface area contributed by atoms with Crippen LogP contribution in [0.4, 0.5) is 9.18 Å². The van der Waals surface area contributed by atoms with E-state index in [0.717, 1.165) is 18.4 Å². The van der Waals surface area contributed by atoms with Crippen LogP contribution >= 0.6 is 11.5 Å². The van der Waals surface area contributed by atoms with E-state index in [1.165, 1.54) is 11.5 Å². The first-order chi connectivity index (χ1) is 9.38. The first-order valence-corrected chi connectivity index (χ1v) is 7.65. The highest BCUT2D eigenvalue weighted by atomic mass is 32.1. The van der Waals surface area contributed by atoms with E-state index in [9.17, 15) is 9.18 Å². The van der Waals surface area contributed by atoms with E-state index in [-0.39, 0.29) is 12.2 Å². The maximum absolute atomic E-state index is 12.2. The number of rotatable bonds is 5. The number of aryl methyl sites for hydroxylation is 1. The standard InChI is InChI=1S/C14H23FN2O2S/c1-5-19-13(18)16-12-11(8-6-7-9-15)10-17(20-12)14(2,3)4/h10H,5-9H2,1-4H3/b16-12-. The number of ether oxygens (including phenoxy) is 1. The van der Waals surface area contributed by atoms with Gasteiger partial charge in [0.15, 0.2) is 0 Å². The molecule has 0 aromatic carbocycles. The Hall–Kier alpha value is -1.17. The van der Waals surface area contributed by atoms with Gasteiger partial charge in [0.2, 0.25) is 0 Å². The van der Waals surface area contributed by atoms with Crippen molar-refractivity contribution in [2.24, 2.45) is 4.99 Å². The Kier molecular flexibility index (Phi) is 6.39. The van der Waals surface area contributed by atoms with Gasteiger partial charge >= 0.3 is 6.09 Å². The predicted octanol–water partition coefficient (Wildman–Crippen LogP) is 3.65. The fourth-order valence-electron chi connectivity index (χ4n) is 1.62. The van der Waals surface area contributed by atoms with Gasteiger partial charge in [-0.2, -0.15) is 4.99 Å². The van der Waals surface area contributed by atoms with Gasteiger partial charge in [0.05, 0.1) is 13.3 Å². The lowest BCUT2D eigenvalue weighted by Crippen LogP contribution is -2.18. The molecule has 1 amide bonds. The SMILES string of the molecule is CCOC(=O)/N=c1\sn(C(C)(C)C)cc1CCCCF. The summed E-state index contributed by atoms with van der Waals surface area (Å²) in [7, 11) is 0. The Balaban J connectivity index is 3.05. The molecular formula is C14H23FN2O2S. The minimum absolute atomic E-state index is 0.0675. The Bertz CT molecular complexity index is 500. The molecule has 114 valence electrons. The molecule has 20 heavy (non-hydrogen) atoms. The maximum atomic E-state index is 12.2. The van der Waals surface area contributed by atoms with Crippen LogP contribution < -0.4 is 4.67 Å². The third kappa shape index (κ3) is 5.07. The van der Waals surface area contributed by atoms with Crippen LogP contribution in [0.15, 0.2) is 11.2 Å². The molecule has 0 saturated carbocycles. The number of halogens is 1. The highest BCUT2D eigenvalue weighted by Gasteiger charge is 2.16. The predicted molar refractivity (Wildman–Crippen MR) is 78.8 cm³/mol. The van der Waals surface area contributed by atoms with E-state index in [0.29, 0.717) is 17.7 Å². The number of carbonyl (C=O) groups is 1. The van der Waals surface area contributed by atoms with Gasteiger partial charge < -0.3 is 4.74 Å². The molecule has 6 heteroatoms. The van der Waals surface area contributed by atoms with Crippen molar-refractivity contribution in [1.29, 1.82) is 0 Å². The van der Waals surface area contributed by atoms with Gasteiger partial charge in [-0.15, -0.1) is 0 Å². The molecule has 0 unspecified atom stereocenters.